The van der Waals surface area contributed by atoms with Crippen molar-refractivity contribution in [3.8, 4) is 16.9 Å². The lowest BCUT2D eigenvalue weighted by molar-refractivity contribution is 0.0691. The summed E-state index contributed by atoms with van der Waals surface area (Å²) in [4.78, 5) is 25.3. The lowest BCUT2D eigenvalue weighted by atomic mass is 9.93. The van der Waals surface area contributed by atoms with Crippen molar-refractivity contribution in [2.24, 2.45) is 5.73 Å². The van der Waals surface area contributed by atoms with Crippen molar-refractivity contribution < 1.29 is 14.7 Å². The fourth-order valence-corrected chi connectivity index (χ4v) is 4.39. The number of aromatic nitrogens is 2. The molecule has 1 heterocycles. The first kappa shape index (κ1) is 23.3. The molecule has 0 bridgehead atoms. The molecule has 0 radical (unpaired) electrons. The summed E-state index contributed by atoms with van der Waals surface area (Å²) in [5, 5.41) is 20.9. The fourth-order valence-electron chi connectivity index (χ4n) is 4.39. The maximum absolute atomic E-state index is 12.9. The number of nitrogens with one attached hydrogen (secondary N) is 1. The van der Waals surface area contributed by atoms with Crippen LogP contribution in [0.25, 0.3) is 38.5 Å². The van der Waals surface area contributed by atoms with Crippen LogP contribution in [0.3, 0.4) is 0 Å². The molecular weight excluding hydrogens is 452 g/mol. The van der Waals surface area contributed by atoms with Crippen LogP contribution in [0.2, 0.25) is 0 Å². The lowest BCUT2D eigenvalue weighted by Gasteiger charge is -2.16. The second-order valence-corrected chi connectivity index (χ2v) is 9.39. The molecule has 0 atom stereocenters. The summed E-state index contributed by atoms with van der Waals surface area (Å²) in [6.45, 7) is 3.33. The largest absolute Gasteiger partial charge is 0.389 e. The molecule has 0 spiro atoms. The summed E-state index contributed by atoms with van der Waals surface area (Å²) >= 11 is 0. The zero-order chi connectivity index (χ0) is 25.4. The third-order valence-corrected chi connectivity index (χ3v) is 6.07. The maximum Gasteiger partial charge on any atom is 0.271 e. The van der Waals surface area contributed by atoms with E-state index >= 15 is 0 Å². The van der Waals surface area contributed by atoms with Gasteiger partial charge in [0.15, 0.2) is 5.69 Å². The number of carbonyl (C=O) groups is 2. The topological polar surface area (TPSA) is 110 Å². The van der Waals surface area contributed by atoms with Crippen LogP contribution in [0.4, 0.5) is 0 Å². The van der Waals surface area contributed by atoms with Crippen molar-refractivity contribution in [1.29, 1.82) is 0 Å². The summed E-state index contributed by atoms with van der Waals surface area (Å²) in [5.41, 5.74) is 7.62. The molecule has 4 N–H and O–H groups in total. The minimum atomic E-state index is -1.05. The van der Waals surface area contributed by atoms with Gasteiger partial charge in [0.2, 0.25) is 5.91 Å². The number of rotatable bonds is 6. The van der Waals surface area contributed by atoms with Gasteiger partial charge in [-0.2, -0.15) is 5.10 Å². The lowest BCUT2D eigenvalue weighted by Crippen LogP contribution is -2.38. The number of benzene rings is 4. The number of nitrogens with two attached hydrogens (primary N) is 1. The highest BCUT2D eigenvalue weighted by Crippen LogP contribution is 2.36. The van der Waals surface area contributed by atoms with Crippen LogP contribution in [-0.4, -0.2) is 38.8 Å². The third-order valence-electron chi connectivity index (χ3n) is 6.07. The van der Waals surface area contributed by atoms with Crippen LogP contribution in [0.15, 0.2) is 84.9 Å². The van der Waals surface area contributed by atoms with Crippen molar-refractivity contribution >= 4 is 33.4 Å². The third kappa shape index (κ3) is 4.32. The average molecular weight is 479 g/mol. The van der Waals surface area contributed by atoms with Crippen LogP contribution >= 0.6 is 0 Å². The Morgan fingerprint density at radius 3 is 2.22 bits per heavy atom. The number of carbonyl (C=O) groups excluding carboxylic acids is 2. The van der Waals surface area contributed by atoms with Crippen LogP contribution in [-0.2, 0) is 0 Å². The van der Waals surface area contributed by atoms with Crippen molar-refractivity contribution in [2.75, 3.05) is 6.54 Å². The molecule has 0 saturated heterocycles. The van der Waals surface area contributed by atoms with Gasteiger partial charge in [-0.15, -0.1) is 0 Å². The van der Waals surface area contributed by atoms with Gasteiger partial charge in [0.1, 0.15) is 0 Å². The van der Waals surface area contributed by atoms with E-state index in [4.69, 9.17) is 5.73 Å². The first-order valence-electron chi connectivity index (χ1n) is 11.6. The Hall–Kier alpha value is -4.49. The molecule has 0 aliphatic heterocycles. The van der Waals surface area contributed by atoms with E-state index in [1.807, 2.05) is 78.9 Å². The number of hydrogen-bond acceptors (Lipinski definition) is 4. The van der Waals surface area contributed by atoms with Crippen molar-refractivity contribution in [3.63, 3.8) is 0 Å². The number of fused-ring (bicyclic) bond motifs is 3. The van der Waals surface area contributed by atoms with Crippen LogP contribution < -0.4 is 11.1 Å². The molecule has 2 amide bonds. The van der Waals surface area contributed by atoms with E-state index in [2.05, 4.69) is 10.4 Å². The predicted octanol–water partition coefficient (Wildman–Crippen LogP) is 4.45. The zero-order valence-electron chi connectivity index (χ0n) is 20.0. The minimum absolute atomic E-state index is 0.0849. The van der Waals surface area contributed by atoms with Crippen LogP contribution in [0.1, 0.15) is 34.7 Å². The molecule has 4 aromatic carbocycles. The molecule has 0 unspecified atom stereocenters. The molecule has 0 aliphatic carbocycles. The number of primary amides is 1. The standard InChI is InChI=1S/C29H26N4O3/c1-29(2,36)17-31-28(35)25-16-26(33(32-25)18-9-4-3-5-10-18)22-14-8-13-20-19-11-6-7-12-21(19)24(27(30)34)15-23(20)22/h3-16,36H,17H2,1-2H3,(H2,30,34)(H,31,35). The SMILES string of the molecule is CC(C)(O)CNC(=O)c1cc(-c2cccc3c2cc(C(N)=O)c2ccccc23)n(-c2ccccc2)n1. The van der Waals surface area contributed by atoms with Crippen LogP contribution in [0, 0.1) is 0 Å². The highest BCUT2D eigenvalue weighted by atomic mass is 16.3. The summed E-state index contributed by atoms with van der Waals surface area (Å²) in [5.74, 6) is -0.900. The van der Waals surface area contributed by atoms with Crippen molar-refractivity contribution in [2.45, 2.75) is 19.4 Å². The van der Waals surface area contributed by atoms with Crippen molar-refractivity contribution in [3.05, 3.63) is 96.2 Å². The number of para-hydroxylation sites is 1. The first-order chi connectivity index (χ1) is 17.2. The summed E-state index contributed by atoms with van der Waals surface area (Å²) in [7, 11) is 0. The monoisotopic (exact) mass is 478 g/mol. The van der Waals surface area contributed by atoms with Gasteiger partial charge >= 0.3 is 0 Å². The van der Waals surface area contributed by atoms with Gasteiger partial charge in [-0.3, -0.25) is 9.59 Å². The predicted molar refractivity (Wildman–Crippen MR) is 141 cm³/mol. The van der Waals surface area contributed by atoms with E-state index in [1.165, 1.54) is 0 Å². The fraction of sp³-hybridized carbons (Fsp3) is 0.138. The second-order valence-electron chi connectivity index (χ2n) is 9.39. The molecule has 0 saturated carbocycles. The van der Waals surface area contributed by atoms with Gasteiger partial charge in [-0.25, -0.2) is 4.68 Å². The normalized spacial score (nSPS) is 11.6. The van der Waals surface area contributed by atoms with Gasteiger partial charge in [0.05, 0.1) is 17.0 Å². The van der Waals surface area contributed by atoms with Gasteiger partial charge < -0.3 is 16.2 Å². The quantitative estimate of drug-likeness (QED) is 0.313. The Kier molecular flexibility index (Phi) is 5.78. The number of amides is 2. The second kappa shape index (κ2) is 8.94. The van der Waals surface area contributed by atoms with E-state index in [1.54, 1.807) is 24.6 Å². The molecular formula is C29H26N4O3. The number of nitrogens with zero attached hydrogens (tertiary/aromatic N) is 2. The first-order valence-corrected chi connectivity index (χ1v) is 11.6. The molecule has 5 aromatic rings. The Morgan fingerprint density at radius 1 is 0.889 bits per heavy atom. The average Bonchev–Trinajstić information content (AvgIpc) is 3.32. The van der Waals surface area contributed by atoms with E-state index in [9.17, 15) is 14.7 Å². The Bertz CT molecular complexity index is 1620. The Labute approximate surface area is 208 Å². The van der Waals surface area contributed by atoms with E-state index in [0.717, 1.165) is 32.8 Å². The maximum atomic E-state index is 12.9. The highest BCUT2D eigenvalue weighted by Gasteiger charge is 2.21. The van der Waals surface area contributed by atoms with E-state index in [0.29, 0.717) is 11.3 Å². The number of aliphatic hydroxyl groups is 1. The zero-order valence-corrected chi connectivity index (χ0v) is 20.0. The number of hydrogen-bond donors (Lipinski definition) is 3. The molecule has 7 nitrogen and oxygen atoms in total. The molecule has 0 fully saturated rings. The smallest absolute Gasteiger partial charge is 0.271 e. The highest BCUT2D eigenvalue weighted by molar-refractivity contribution is 6.19. The molecule has 5 rings (SSSR count). The summed E-state index contributed by atoms with van der Waals surface area (Å²) < 4.78 is 1.72. The summed E-state index contributed by atoms with van der Waals surface area (Å²) in [6.07, 6.45) is 0. The van der Waals surface area contributed by atoms with Crippen LogP contribution in [0.5, 0.6) is 0 Å². The molecule has 7 heteroatoms. The van der Waals surface area contributed by atoms with E-state index < -0.39 is 17.4 Å². The molecule has 36 heavy (non-hydrogen) atoms. The van der Waals surface area contributed by atoms with Gasteiger partial charge in [-0.05, 0) is 59.7 Å². The molecule has 1 aromatic heterocycles. The van der Waals surface area contributed by atoms with Gasteiger partial charge in [-0.1, -0.05) is 60.7 Å². The minimum Gasteiger partial charge on any atom is -0.389 e. The van der Waals surface area contributed by atoms with Gasteiger partial charge in [0, 0.05) is 17.7 Å². The molecule has 180 valence electrons. The molecule has 0 aliphatic rings. The summed E-state index contributed by atoms with van der Waals surface area (Å²) in [6, 6.07) is 26.6. The van der Waals surface area contributed by atoms with Gasteiger partial charge in [0.25, 0.3) is 5.91 Å². The van der Waals surface area contributed by atoms with E-state index in [-0.39, 0.29) is 12.2 Å². The Balaban J connectivity index is 1.75. The Morgan fingerprint density at radius 2 is 1.53 bits per heavy atom. The van der Waals surface area contributed by atoms with Crippen molar-refractivity contribution in [1.82, 2.24) is 15.1 Å².